The van der Waals surface area contributed by atoms with Gasteiger partial charge in [0.1, 0.15) is 5.75 Å². The van der Waals surface area contributed by atoms with E-state index in [0.29, 0.717) is 16.0 Å². The third-order valence-electron chi connectivity index (χ3n) is 4.37. The van der Waals surface area contributed by atoms with E-state index < -0.39 is 5.91 Å². The van der Waals surface area contributed by atoms with E-state index in [-0.39, 0.29) is 10.7 Å². The highest BCUT2D eigenvalue weighted by Crippen LogP contribution is 2.30. The Morgan fingerprint density at radius 2 is 2.07 bits per heavy atom. The number of halogens is 1. The summed E-state index contributed by atoms with van der Waals surface area (Å²) in [5.41, 5.74) is 3.29. The number of benzene rings is 2. The predicted molar refractivity (Wildman–Crippen MR) is 122 cm³/mol. The first-order valence-corrected chi connectivity index (χ1v) is 11.2. The first-order chi connectivity index (χ1) is 14.5. The summed E-state index contributed by atoms with van der Waals surface area (Å²) in [5.74, 6) is 1.01. The Morgan fingerprint density at radius 3 is 2.87 bits per heavy atom. The zero-order valence-electron chi connectivity index (χ0n) is 16.2. The van der Waals surface area contributed by atoms with Crippen molar-refractivity contribution in [3.63, 3.8) is 0 Å². The molecule has 0 atom stereocenters. The fraction of sp³-hybridized carbons (Fsp3) is 0.143. The van der Waals surface area contributed by atoms with Gasteiger partial charge in [-0.05, 0) is 36.2 Å². The molecule has 2 aromatic heterocycles. The van der Waals surface area contributed by atoms with Crippen molar-refractivity contribution in [1.29, 1.82) is 0 Å². The standard InChI is InChI=1S/C21H17ClN4O2S2/c1-12-5-3-4-6-13(12)11-29-20-23-10-15(22)18(25-20)19(27)26-21-24-16-8-7-14(28-2)9-17(16)30-21/h3-10H,11H2,1-2H3,(H,24,26,27). The molecule has 0 aliphatic rings. The normalized spacial score (nSPS) is 10.9. The summed E-state index contributed by atoms with van der Waals surface area (Å²) in [6.45, 7) is 2.06. The van der Waals surface area contributed by atoms with Crippen LogP contribution in [0.5, 0.6) is 5.75 Å². The first-order valence-electron chi connectivity index (χ1n) is 8.99. The van der Waals surface area contributed by atoms with Gasteiger partial charge >= 0.3 is 0 Å². The maximum absolute atomic E-state index is 12.8. The zero-order valence-corrected chi connectivity index (χ0v) is 18.6. The second kappa shape index (κ2) is 8.99. The summed E-state index contributed by atoms with van der Waals surface area (Å²) in [6.07, 6.45) is 1.45. The van der Waals surface area contributed by atoms with Crippen LogP contribution in [0.4, 0.5) is 5.13 Å². The predicted octanol–water partition coefficient (Wildman–Crippen LogP) is 5.60. The summed E-state index contributed by atoms with van der Waals surface area (Å²) in [7, 11) is 1.61. The highest BCUT2D eigenvalue weighted by Gasteiger charge is 2.17. The molecule has 6 nitrogen and oxygen atoms in total. The Kier molecular flexibility index (Phi) is 6.17. The van der Waals surface area contributed by atoms with Crippen molar-refractivity contribution >= 4 is 56.0 Å². The van der Waals surface area contributed by atoms with E-state index in [1.807, 2.05) is 30.3 Å². The number of hydrogen-bond donors (Lipinski definition) is 1. The number of carbonyl (C=O) groups excluding carboxylic acids is 1. The van der Waals surface area contributed by atoms with Crippen LogP contribution in [0.25, 0.3) is 10.2 Å². The largest absolute Gasteiger partial charge is 0.497 e. The van der Waals surface area contributed by atoms with Crippen LogP contribution in [0.2, 0.25) is 5.02 Å². The number of rotatable bonds is 6. The maximum atomic E-state index is 12.8. The average Bonchev–Trinajstić information content (AvgIpc) is 3.15. The van der Waals surface area contributed by atoms with E-state index in [1.165, 1.54) is 40.4 Å². The molecule has 30 heavy (non-hydrogen) atoms. The summed E-state index contributed by atoms with van der Waals surface area (Å²) in [6, 6.07) is 13.7. The van der Waals surface area contributed by atoms with Crippen molar-refractivity contribution in [2.45, 2.75) is 17.8 Å². The van der Waals surface area contributed by atoms with Crippen molar-refractivity contribution in [1.82, 2.24) is 15.0 Å². The molecular formula is C21H17ClN4O2S2. The van der Waals surface area contributed by atoms with Crippen LogP contribution in [0.3, 0.4) is 0 Å². The Balaban J connectivity index is 1.51. The minimum atomic E-state index is -0.425. The maximum Gasteiger partial charge on any atom is 0.277 e. The van der Waals surface area contributed by atoms with Crippen molar-refractivity contribution < 1.29 is 9.53 Å². The van der Waals surface area contributed by atoms with Crippen molar-refractivity contribution in [2.24, 2.45) is 0 Å². The van der Waals surface area contributed by atoms with Crippen molar-refractivity contribution in [2.75, 3.05) is 12.4 Å². The molecule has 2 heterocycles. The number of nitrogens with zero attached hydrogens (tertiary/aromatic N) is 3. The van der Waals surface area contributed by atoms with Gasteiger partial charge in [0, 0.05) is 5.75 Å². The molecule has 0 aliphatic heterocycles. The number of methoxy groups -OCH3 is 1. The Labute approximate surface area is 186 Å². The second-order valence-electron chi connectivity index (χ2n) is 6.37. The molecule has 9 heteroatoms. The molecule has 1 amide bonds. The van der Waals surface area contributed by atoms with Gasteiger partial charge in [0.05, 0.1) is 28.5 Å². The van der Waals surface area contributed by atoms with Gasteiger partial charge in [-0.1, -0.05) is 59.0 Å². The minimum absolute atomic E-state index is 0.121. The van der Waals surface area contributed by atoms with E-state index in [0.717, 1.165) is 16.0 Å². The Bertz CT molecular complexity index is 1230. The van der Waals surface area contributed by atoms with Crippen LogP contribution < -0.4 is 10.1 Å². The molecule has 0 saturated carbocycles. The molecule has 0 fully saturated rings. The number of thiazole rings is 1. The van der Waals surface area contributed by atoms with E-state index >= 15 is 0 Å². The van der Waals surface area contributed by atoms with Crippen LogP contribution in [0.15, 0.2) is 53.8 Å². The smallest absolute Gasteiger partial charge is 0.277 e. The lowest BCUT2D eigenvalue weighted by atomic mass is 10.1. The number of nitrogens with one attached hydrogen (secondary N) is 1. The van der Waals surface area contributed by atoms with Gasteiger partial charge < -0.3 is 4.74 Å². The number of aromatic nitrogens is 3. The quantitative estimate of drug-likeness (QED) is 0.300. The van der Waals surface area contributed by atoms with E-state index in [9.17, 15) is 4.79 Å². The van der Waals surface area contributed by atoms with Gasteiger partial charge in [0.15, 0.2) is 16.0 Å². The zero-order chi connectivity index (χ0) is 21.1. The molecule has 2 aromatic carbocycles. The van der Waals surface area contributed by atoms with Gasteiger partial charge in [-0.15, -0.1) is 0 Å². The number of aryl methyl sites for hydroxylation is 1. The number of anilines is 1. The molecule has 4 aromatic rings. The van der Waals surface area contributed by atoms with E-state index in [4.69, 9.17) is 16.3 Å². The summed E-state index contributed by atoms with van der Waals surface area (Å²) < 4.78 is 6.14. The van der Waals surface area contributed by atoms with Gasteiger partial charge in [-0.3, -0.25) is 10.1 Å². The Morgan fingerprint density at radius 1 is 1.23 bits per heavy atom. The molecule has 0 aliphatic carbocycles. The number of thioether (sulfide) groups is 1. The summed E-state index contributed by atoms with van der Waals surface area (Å²) in [4.78, 5) is 25.8. The van der Waals surface area contributed by atoms with Crippen LogP contribution >= 0.6 is 34.7 Å². The molecule has 0 radical (unpaired) electrons. The molecule has 152 valence electrons. The van der Waals surface area contributed by atoms with Gasteiger partial charge in [-0.2, -0.15) is 0 Å². The topological polar surface area (TPSA) is 77.0 Å². The number of fused-ring (bicyclic) bond motifs is 1. The molecule has 0 unspecified atom stereocenters. The Hall–Kier alpha value is -2.68. The average molecular weight is 457 g/mol. The molecule has 1 N–H and O–H groups in total. The molecule has 0 spiro atoms. The summed E-state index contributed by atoms with van der Waals surface area (Å²) in [5, 5.41) is 3.92. The third-order valence-corrected chi connectivity index (χ3v) is 6.49. The summed E-state index contributed by atoms with van der Waals surface area (Å²) >= 11 is 9.00. The SMILES string of the molecule is COc1ccc2nc(NC(=O)c3nc(SCc4ccccc4C)ncc3Cl)sc2c1. The number of hydrogen-bond acceptors (Lipinski definition) is 7. The molecule has 0 saturated heterocycles. The lowest BCUT2D eigenvalue weighted by Crippen LogP contribution is -2.15. The van der Waals surface area contributed by atoms with Gasteiger partial charge in [0.25, 0.3) is 5.91 Å². The van der Waals surface area contributed by atoms with Crippen LogP contribution in [0.1, 0.15) is 21.6 Å². The molecule has 4 rings (SSSR count). The third kappa shape index (κ3) is 4.56. The van der Waals surface area contributed by atoms with E-state index in [2.05, 4.69) is 39.3 Å². The van der Waals surface area contributed by atoms with E-state index in [1.54, 1.807) is 7.11 Å². The lowest BCUT2D eigenvalue weighted by Gasteiger charge is -2.07. The van der Waals surface area contributed by atoms with Crippen molar-refractivity contribution in [3.05, 3.63) is 70.5 Å². The number of ether oxygens (including phenoxy) is 1. The second-order valence-corrected chi connectivity index (χ2v) is 8.75. The monoisotopic (exact) mass is 456 g/mol. The van der Waals surface area contributed by atoms with Crippen LogP contribution in [-0.2, 0) is 5.75 Å². The number of amides is 1. The van der Waals surface area contributed by atoms with Gasteiger partial charge in [-0.25, -0.2) is 15.0 Å². The fourth-order valence-corrected chi connectivity index (χ4v) is 4.69. The van der Waals surface area contributed by atoms with Crippen LogP contribution in [0, 0.1) is 6.92 Å². The van der Waals surface area contributed by atoms with Gasteiger partial charge in [0.2, 0.25) is 0 Å². The molecule has 0 bridgehead atoms. The molecular weight excluding hydrogens is 440 g/mol. The van der Waals surface area contributed by atoms with Crippen molar-refractivity contribution in [3.8, 4) is 5.75 Å². The van der Waals surface area contributed by atoms with Crippen LogP contribution in [-0.4, -0.2) is 28.0 Å². The first kappa shape index (κ1) is 20.6. The fourth-order valence-electron chi connectivity index (χ4n) is 2.74. The number of carbonyl (C=O) groups is 1. The lowest BCUT2D eigenvalue weighted by molar-refractivity contribution is 0.102. The highest BCUT2D eigenvalue weighted by atomic mass is 35.5. The highest BCUT2D eigenvalue weighted by molar-refractivity contribution is 7.98. The minimum Gasteiger partial charge on any atom is -0.497 e.